The molecule has 0 bridgehead atoms. The molecule has 1 amide bonds. The molecule has 0 aliphatic heterocycles. The van der Waals surface area contributed by atoms with Crippen LogP contribution in [-0.4, -0.2) is 37.4 Å². The fourth-order valence-electron chi connectivity index (χ4n) is 1.72. The maximum atomic E-state index is 11.7. The fourth-order valence-corrected chi connectivity index (χ4v) is 1.72. The average molecular weight is 266 g/mol. The second kappa shape index (κ2) is 8.50. The highest BCUT2D eigenvalue weighted by molar-refractivity contribution is 5.76. The third kappa shape index (κ3) is 6.22. The molecule has 4 N–H and O–H groups in total. The van der Waals surface area contributed by atoms with Gasteiger partial charge in [0.15, 0.2) is 0 Å². The van der Waals surface area contributed by atoms with Crippen LogP contribution >= 0.6 is 0 Å². The van der Waals surface area contributed by atoms with Crippen LogP contribution in [0.3, 0.4) is 0 Å². The van der Waals surface area contributed by atoms with Gasteiger partial charge in [-0.3, -0.25) is 4.79 Å². The normalized spacial score (nSPS) is 12.1. The first-order valence-electron chi connectivity index (χ1n) is 6.44. The van der Waals surface area contributed by atoms with Crippen molar-refractivity contribution in [3.63, 3.8) is 0 Å². The summed E-state index contributed by atoms with van der Waals surface area (Å²) in [6.07, 6.45) is 0.434. The van der Waals surface area contributed by atoms with Gasteiger partial charge >= 0.3 is 0 Å². The van der Waals surface area contributed by atoms with Gasteiger partial charge in [0.1, 0.15) is 0 Å². The van der Waals surface area contributed by atoms with Crippen molar-refractivity contribution in [3.8, 4) is 0 Å². The minimum Gasteiger partial charge on any atom is -0.399 e. The van der Waals surface area contributed by atoms with Crippen molar-refractivity contribution >= 4 is 11.6 Å². The number of carbonyl (C=O) groups excluding carboxylic acids is 1. The molecule has 0 aliphatic rings. The van der Waals surface area contributed by atoms with Crippen LogP contribution in [0.25, 0.3) is 0 Å². The molecule has 0 fully saturated rings. The van der Waals surface area contributed by atoms with Gasteiger partial charge in [0, 0.05) is 18.7 Å². The number of carbonyl (C=O) groups is 1. The van der Waals surface area contributed by atoms with Crippen molar-refractivity contribution in [2.24, 2.45) is 0 Å². The lowest BCUT2D eigenvalue weighted by molar-refractivity contribution is -0.121. The van der Waals surface area contributed by atoms with Crippen LogP contribution in [0.15, 0.2) is 24.3 Å². The molecule has 0 aromatic heterocycles. The zero-order valence-corrected chi connectivity index (χ0v) is 11.3. The molecule has 0 saturated carbocycles. The molecule has 1 aromatic rings. The van der Waals surface area contributed by atoms with Crippen molar-refractivity contribution in [2.75, 3.05) is 32.1 Å². The Labute approximate surface area is 113 Å². The number of hydrogen-bond donors (Lipinski definition) is 3. The molecular weight excluding hydrogens is 244 g/mol. The van der Waals surface area contributed by atoms with E-state index in [0.29, 0.717) is 26.2 Å². The maximum absolute atomic E-state index is 11.7. The summed E-state index contributed by atoms with van der Waals surface area (Å²) in [6, 6.07) is 7.56. The van der Waals surface area contributed by atoms with Crippen LogP contribution in [0.4, 0.5) is 5.69 Å². The van der Waals surface area contributed by atoms with E-state index in [4.69, 9.17) is 15.6 Å². The monoisotopic (exact) mass is 266 g/mol. The number of nitrogen functional groups attached to an aromatic ring is 1. The first kappa shape index (κ1) is 15.5. The smallest absolute Gasteiger partial charge is 0.220 e. The quantitative estimate of drug-likeness (QED) is 0.482. The zero-order chi connectivity index (χ0) is 14.1. The number of amides is 1. The first-order chi connectivity index (χ1) is 9.13. The number of rotatable bonds is 8. The summed E-state index contributed by atoms with van der Waals surface area (Å²) in [7, 11) is 0. The second-order valence-electron chi connectivity index (χ2n) is 4.46. The van der Waals surface area contributed by atoms with Crippen molar-refractivity contribution in [2.45, 2.75) is 19.3 Å². The summed E-state index contributed by atoms with van der Waals surface area (Å²) >= 11 is 0. The van der Waals surface area contributed by atoms with Gasteiger partial charge in [0.25, 0.3) is 0 Å². The number of aliphatic hydroxyl groups excluding tert-OH is 1. The van der Waals surface area contributed by atoms with Crippen LogP contribution in [0.2, 0.25) is 0 Å². The molecule has 0 aliphatic carbocycles. The molecule has 0 radical (unpaired) electrons. The van der Waals surface area contributed by atoms with Crippen molar-refractivity contribution in [1.82, 2.24) is 5.32 Å². The van der Waals surface area contributed by atoms with E-state index in [-0.39, 0.29) is 18.4 Å². The van der Waals surface area contributed by atoms with Gasteiger partial charge in [-0.25, -0.2) is 0 Å². The number of aliphatic hydroxyl groups is 1. The molecule has 5 nitrogen and oxygen atoms in total. The molecule has 0 spiro atoms. The van der Waals surface area contributed by atoms with Gasteiger partial charge < -0.3 is 20.9 Å². The number of nitrogens with two attached hydrogens (primary N) is 1. The number of hydrogen-bond acceptors (Lipinski definition) is 4. The highest BCUT2D eigenvalue weighted by Gasteiger charge is 2.10. The van der Waals surface area contributed by atoms with E-state index in [2.05, 4.69) is 5.32 Å². The summed E-state index contributed by atoms with van der Waals surface area (Å²) in [5.41, 5.74) is 7.44. The Balaban J connectivity index is 2.26. The zero-order valence-electron chi connectivity index (χ0n) is 11.3. The summed E-state index contributed by atoms with van der Waals surface area (Å²) in [4.78, 5) is 11.7. The lowest BCUT2D eigenvalue weighted by Crippen LogP contribution is -2.28. The topological polar surface area (TPSA) is 84.6 Å². The Kier molecular flexibility index (Phi) is 6.92. The number of ether oxygens (including phenoxy) is 1. The highest BCUT2D eigenvalue weighted by Crippen LogP contribution is 2.19. The SMILES string of the molecule is CC(CC(=O)NCCOCCO)c1ccc(N)cc1. The van der Waals surface area contributed by atoms with E-state index < -0.39 is 0 Å². The van der Waals surface area contributed by atoms with Gasteiger partial charge in [-0.2, -0.15) is 0 Å². The van der Waals surface area contributed by atoms with Gasteiger partial charge in [0.05, 0.1) is 19.8 Å². The molecule has 0 saturated heterocycles. The molecule has 1 aromatic carbocycles. The number of nitrogens with one attached hydrogen (secondary N) is 1. The molecule has 0 heterocycles. The maximum Gasteiger partial charge on any atom is 0.220 e. The summed E-state index contributed by atoms with van der Waals surface area (Å²) in [5, 5.41) is 11.3. The fraction of sp³-hybridized carbons (Fsp3) is 0.500. The molecule has 1 atom stereocenters. The predicted octanol–water partition coefficient (Wildman–Crippen LogP) is 0.887. The van der Waals surface area contributed by atoms with Crippen LogP contribution in [0.5, 0.6) is 0 Å². The van der Waals surface area contributed by atoms with E-state index in [9.17, 15) is 4.79 Å². The Morgan fingerprint density at radius 3 is 2.68 bits per heavy atom. The van der Waals surface area contributed by atoms with Gasteiger partial charge in [-0.1, -0.05) is 19.1 Å². The minimum absolute atomic E-state index is 0.00210. The first-order valence-corrected chi connectivity index (χ1v) is 6.44. The Bertz CT molecular complexity index is 379. The van der Waals surface area contributed by atoms with Gasteiger partial charge in [-0.05, 0) is 23.6 Å². The molecule has 19 heavy (non-hydrogen) atoms. The Morgan fingerprint density at radius 2 is 2.05 bits per heavy atom. The van der Waals surface area contributed by atoms with Crippen molar-refractivity contribution < 1.29 is 14.6 Å². The van der Waals surface area contributed by atoms with Crippen LogP contribution in [0.1, 0.15) is 24.8 Å². The van der Waals surface area contributed by atoms with Gasteiger partial charge in [0.2, 0.25) is 5.91 Å². The average Bonchev–Trinajstić information content (AvgIpc) is 2.39. The van der Waals surface area contributed by atoms with Crippen LogP contribution in [-0.2, 0) is 9.53 Å². The number of anilines is 1. The van der Waals surface area contributed by atoms with E-state index in [1.807, 2.05) is 31.2 Å². The summed E-state index contributed by atoms with van der Waals surface area (Å²) < 4.78 is 5.06. The highest BCUT2D eigenvalue weighted by atomic mass is 16.5. The predicted molar refractivity (Wildman–Crippen MR) is 74.8 cm³/mol. The molecular formula is C14H22N2O3. The van der Waals surface area contributed by atoms with Crippen LogP contribution in [0, 0.1) is 0 Å². The van der Waals surface area contributed by atoms with E-state index in [1.54, 1.807) is 0 Å². The Hall–Kier alpha value is -1.59. The third-order valence-electron chi connectivity index (χ3n) is 2.80. The van der Waals surface area contributed by atoms with Crippen molar-refractivity contribution in [3.05, 3.63) is 29.8 Å². The summed E-state index contributed by atoms with van der Waals surface area (Å²) in [5.74, 6) is 0.149. The van der Waals surface area contributed by atoms with E-state index >= 15 is 0 Å². The number of benzene rings is 1. The lowest BCUT2D eigenvalue weighted by Gasteiger charge is -2.12. The lowest BCUT2D eigenvalue weighted by atomic mass is 9.97. The summed E-state index contributed by atoms with van der Waals surface area (Å²) in [6.45, 7) is 3.20. The largest absolute Gasteiger partial charge is 0.399 e. The molecule has 1 unspecified atom stereocenters. The van der Waals surface area contributed by atoms with E-state index in [0.717, 1.165) is 11.3 Å². The van der Waals surface area contributed by atoms with Gasteiger partial charge in [-0.15, -0.1) is 0 Å². The second-order valence-corrected chi connectivity index (χ2v) is 4.46. The Morgan fingerprint density at radius 1 is 1.37 bits per heavy atom. The standard InChI is InChI=1S/C14H22N2O3/c1-11(12-2-4-13(15)5-3-12)10-14(18)16-6-8-19-9-7-17/h2-5,11,17H,6-10,15H2,1H3,(H,16,18). The molecule has 5 heteroatoms. The van der Waals surface area contributed by atoms with Crippen molar-refractivity contribution in [1.29, 1.82) is 0 Å². The van der Waals surface area contributed by atoms with E-state index in [1.165, 1.54) is 0 Å². The molecule has 1 rings (SSSR count). The van der Waals surface area contributed by atoms with Crippen LogP contribution < -0.4 is 11.1 Å². The minimum atomic E-state index is -0.00285. The molecule has 106 valence electrons. The third-order valence-corrected chi connectivity index (χ3v) is 2.80.